The average molecular weight is 372 g/mol. The predicted octanol–water partition coefficient (Wildman–Crippen LogP) is 2.43. The van der Waals surface area contributed by atoms with Crippen molar-refractivity contribution >= 4 is 17.2 Å². The number of nitrogens with zero attached hydrogens (tertiary/aromatic N) is 3. The fourth-order valence-electron chi connectivity index (χ4n) is 2.48. The molecule has 26 heavy (non-hydrogen) atoms. The minimum absolute atomic E-state index is 0.0882. The van der Waals surface area contributed by atoms with Crippen molar-refractivity contribution in [3.05, 3.63) is 79.4 Å². The van der Waals surface area contributed by atoms with Gasteiger partial charge < -0.3 is 5.32 Å². The molecule has 2 aromatic heterocycles. The molecule has 0 aliphatic rings. The second kappa shape index (κ2) is 7.57. The number of rotatable bonds is 5. The molecule has 0 aliphatic heterocycles. The Morgan fingerprint density at radius 3 is 2.77 bits per heavy atom. The third kappa shape index (κ3) is 4.20. The first-order chi connectivity index (χ1) is 12.4. The Bertz CT molecular complexity index is 1010. The Morgan fingerprint density at radius 2 is 2.08 bits per heavy atom. The molecule has 3 rings (SSSR count). The third-order valence-electron chi connectivity index (χ3n) is 3.73. The van der Waals surface area contributed by atoms with Crippen molar-refractivity contribution in [2.45, 2.75) is 26.9 Å². The summed E-state index contributed by atoms with van der Waals surface area (Å²) >= 11 is 1.52. The summed E-state index contributed by atoms with van der Waals surface area (Å²) in [6, 6.07) is 8.57. The Balaban J connectivity index is 1.75. The lowest BCUT2D eigenvalue weighted by Gasteiger charge is -2.08. The standard InChI is InChI=1S/C18H17FN4O2S/c1-11-16(26-12(2)21-11)9-20-18(25)15-6-7-17(24)23(22-15)10-13-4-3-5-14(19)8-13/h3-8H,9-10H2,1-2H3,(H,20,25). The van der Waals surface area contributed by atoms with Gasteiger partial charge in [-0.25, -0.2) is 14.1 Å². The molecule has 6 nitrogen and oxygen atoms in total. The van der Waals surface area contributed by atoms with E-state index in [2.05, 4.69) is 15.4 Å². The maximum atomic E-state index is 13.3. The summed E-state index contributed by atoms with van der Waals surface area (Å²) in [5.74, 6) is -0.775. The van der Waals surface area contributed by atoms with Crippen molar-refractivity contribution in [3.8, 4) is 0 Å². The smallest absolute Gasteiger partial charge is 0.272 e. The van der Waals surface area contributed by atoms with Gasteiger partial charge in [-0.2, -0.15) is 5.10 Å². The van der Waals surface area contributed by atoms with E-state index < -0.39 is 0 Å². The highest BCUT2D eigenvalue weighted by atomic mass is 32.1. The Labute approximate surface area is 153 Å². The molecule has 134 valence electrons. The van der Waals surface area contributed by atoms with Crippen LogP contribution in [0.2, 0.25) is 0 Å². The summed E-state index contributed by atoms with van der Waals surface area (Å²) in [7, 11) is 0. The summed E-state index contributed by atoms with van der Waals surface area (Å²) in [6.07, 6.45) is 0. The molecule has 0 saturated heterocycles. The quantitative estimate of drug-likeness (QED) is 0.746. The van der Waals surface area contributed by atoms with Crippen molar-refractivity contribution in [3.63, 3.8) is 0 Å². The van der Waals surface area contributed by atoms with Crippen molar-refractivity contribution < 1.29 is 9.18 Å². The van der Waals surface area contributed by atoms with E-state index in [1.54, 1.807) is 12.1 Å². The molecular weight excluding hydrogens is 355 g/mol. The summed E-state index contributed by atoms with van der Waals surface area (Å²) in [5.41, 5.74) is 1.24. The van der Waals surface area contributed by atoms with Crippen molar-refractivity contribution in [1.82, 2.24) is 20.1 Å². The lowest BCUT2D eigenvalue weighted by molar-refractivity contribution is 0.0943. The summed E-state index contributed by atoms with van der Waals surface area (Å²) in [6.45, 7) is 4.24. The van der Waals surface area contributed by atoms with E-state index in [0.29, 0.717) is 12.1 Å². The van der Waals surface area contributed by atoms with Crippen LogP contribution in [-0.4, -0.2) is 20.7 Å². The average Bonchev–Trinajstić information content (AvgIpc) is 2.92. The van der Waals surface area contributed by atoms with Gasteiger partial charge in [0.15, 0.2) is 0 Å². The number of carbonyl (C=O) groups is 1. The largest absolute Gasteiger partial charge is 0.346 e. The summed E-state index contributed by atoms with van der Waals surface area (Å²) < 4.78 is 14.4. The van der Waals surface area contributed by atoms with Crippen LogP contribution in [0.1, 0.15) is 31.6 Å². The monoisotopic (exact) mass is 372 g/mol. The molecule has 0 saturated carbocycles. The van der Waals surface area contributed by atoms with Gasteiger partial charge >= 0.3 is 0 Å². The number of nitrogens with one attached hydrogen (secondary N) is 1. The highest BCUT2D eigenvalue weighted by Gasteiger charge is 2.12. The van der Waals surface area contributed by atoms with Crippen LogP contribution in [0.15, 0.2) is 41.2 Å². The van der Waals surface area contributed by atoms with Crippen LogP contribution in [0.3, 0.4) is 0 Å². The van der Waals surface area contributed by atoms with Crippen LogP contribution in [-0.2, 0) is 13.1 Å². The van der Waals surface area contributed by atoms with Gasteiger partial charge in [0, 0.05) is 10.9 Å². The molecule has 2 heterocycles. The molecular formula is C18H17FN4O2S. The van der Waals surface area contributed by atoms with E-state index in [4.69, 9.17) is 0 Å². The topological polar surface area (TPSA) is 76.9 Å². The molecule has 0 spiro atoms. The van der Waals surface area contributed by atoms with E-state index in [-0.39, 0.29) is 29.5 Å². The molecule has 0 fully saturated rings. The molecule has 1 amide bonds. The van der Waals surface area contributed by atoms with Crippen LogP contribution in [0.4, 0.5) is 4.39 Å². The van der Waals surface area contributed by atoms with Gasteiger partial charge in [-0.05, 0) is 37.6 Å². The van der Waals surface area contributed by atoms with E-state index in [0.717, 1.165) is 20.3 Å². The van der Waals surface area contributed by atoms with Gasteiger partial charge in [-0.1, -0.05) is 12.1 Å². The normalized spacial score (nSPS) is 10.7. The van der Waals surface area contributed by atoms with Gasteiger partial charge in [0.1, 0.15) is 11.5 Å². The van der Waals surface area contributed by atoms with Gasteiger partial charge in [-0.15, -0.1) is 11.3 Å². The lowest BCUT2D eigenvalue weighted by Crippen LogP contribution is -2.29. The third-order valence-corrected chi connectivity index (χ3v) is 4.80. The Hall–Kier alpha value is -2.87. The fourth-order valence-corrected chi connectivity index (χ4v) is 3.36. The Morgan fingerprint density at radius 1 is 1.27 bits per heavy atom. The highest BCUT2D eigenvalue weighted by molar-refractivity contribution is 7.11. The number of aromatic nitrogens is 3. The summed E-state index contributed by atoms with van der Waals surface area (Å²) in [5, 5.41) is 7.82. The van der Waals surface area contributed by atoms with Crippen molar-refractivity contribution in [2.75, 3.05) is 0 Å². The number of thiazole rings is 1. The van der Waals surface area contributed by atoms with Crippen LogP contribution >= 0.6 is 11.3 Å². The highest BCUT2D eigenvalue weighted by Crippen LogP contribution is 2.16. The molecule has 0 aliphatic carbocycles. The maximum absolute atomic E-state index is 13.3. The fraction of sp³-hybridized carbons (Fsp3) is 0.222. The van der Waals surface area contributed by atoms with E-state index in [1.165, 1.54) is 35.6 Å². The molecule has 1 N–H and O–H groups in total. The van der Waals surface area contributed by atoms with Gasteiger partial charge in [0.25, 0.3) is 11.5 Å². The first-order valence-electron chi connectivity index (χ1n) is 7.96. The minimum atomic E-state index is -0.389. The van der Waals surface area contributed by atoms with Crippen LogP contribution < -0.4 is 10.9 Å². The molecule has 1 aromatic carbocycles. The first kappa shape index (κ1) is 17.9. The zero-order chi connectivity index (χ0) is 18.7. The van der Waals surface area contributed by atoms with Crippen molar-refractivity contribution in [2.24, 2.45) is 0 Å². The molecule has 0 atom stereocenters. The number of amides is 1. The zero-order valence-corrected chi connectivity index (χ0v) is 15.1. The van der Waals surface area contributed by atoms with E-state index in [1.807, 2.05) is 13.8 Å². The van der Waals surface area contributed by atoms with Crippen LogP contribution in [0, 0.1) is 19.7 Å². The van der Waals surface area contributed by atoms with E-state index in [9.17, 15) is 14.0 Å². The number of benzene rings is 1. The summed E-state index contributed by atoms with van der Waals surface area (Å²) in [4.78, 5) is 29.6. The van der Waals surface area contributed by atoms with Crippen molar-refractivity contribution in [1.29, 1.82) is 0 Å². The lowest BCUT2D eigenvalue weighted by atomic mass is 10.2. The molecule has 8 heteroatoms. The number of halogens is 1. The number of carbonyl (C=O) groups excluding carboxylic acids is 1. The van der Waals surface area contributed by atoms with Gasteiger partial charge in [-0.3, -0.25) is 9.59 Å². The predicted molar refractivity (Wildman–Crippen MR) is 96.8 cm³/mol. The second-order valence-corrected chi connectivity index (χ2v) is 7.06. The first-order valence-corrected chi connectivity index (χ1v) is 8.78. The number of hydrogen-bond acceptors (Lipinski definition) is 5. The van der Waals surface area contributed by atoms with E-state index >= 15 is 0 Å². The van der Waals surface area contributed by atoms with Crippen LogP contribution in [0.25, 0.3) is 0 Å². The number of hydrogen-bond donors (Lipinski definition) is 1. The maximum Gasteiger partial charge on any atom is 0.272 e. The molecule has 0 bridgehead atoms. The second-order valence-electron chi connectivity index (χ2n) is 5.77. The van der Waals surface area contributed by atoms with Crippen LogP contribution in [0.5, 0.6) is 0 Å². The SMILES string of the molecule is Cc1nc(C)c(CNC(=O)c2ccc(=O)n(Cc3cccc(F)c3)n2)s1. The molecule has 0 radical (unpaired) electrons. The molecule has 0 unspecified atom stereocenters. The number of aryl methyl sites for hydroxylation is 2. The van der Waals surface area contributed by atoms with Gasteiger partial charge in [0.05, 0.1) is 23.8 Å². The molecule has 3 aromatic rings. The Kier molecular flexibility index (Phi) is 5.22. The zero-order valence-electron chi connectivity index (χ0n) is 14.3. The minimum Gasteiger partial charge on any atom is -0.346 e. The van der Waals surface area contributed by atoms with Gasteiger partial charge in [0.2, 0.25) is 0 Å².